The van der Waals surface area contributed by atoms with Crippen LogP contribution in [0.1, 0.15) is 0 Å². The molecule has 5 aromatic carbocycles. The van der Waals surface area contributed by atoms with Gasteiger partial charge < -0.3 is 4.57 Å². The van der Waals surface area contributed by atoms with Gasteiger partial charge in [0, 0.05) is 45.5 Å². The Morgan fingerprint density at radius 3 is 2.03 bits per heavy atom. The van der Waals surface area contributed by atoms with Crippen LogP contribution in [0.3, 0.4) is 0 Å². The second-order valence-electron chi connectivity index (χ2n) is 8.62. The van der Waals surface area contributed by atoms with Crippen LogP contribution < -0.4 is 15.9 Å². The normalized spacial score (nSPS) is 17.2. The first kappa shape index (κ1) is 18.4. The lowest BCUT2D eigenvalue weighted by Crippen LogP contribution is -2.20. The SMILES string of the molecule is Cn1c2cc3c(cc2c2cc4ccccc4cc21)-c1ccccc1P3(=S)c1ccccc1. The van der Waals surface area contributed by atoms with Crippen LogP contribution in [0.15, 0.2) is 103 Å². The quantitative estimate of drug-likeness (QED) is 0.272. The van der Waals surface area contributed by atoms with Gasteiger partial charge in [-0.1, -0.05) is 90.7 Å². The van der Waals surface area contributed by atoms with Gasteiger partial charge in [0.2, 0.25) is 0 Å². The van der Waals surface area contributed by atoms with Crippen molar-refractivity contribution in [2.24, 2.45) is 7.05 Å². The number of fused-ring (bicyclic) bond motifs is 7. The number of hydrogen-bond acceptors (Lipinski definition) is 1. The first-order chi connectivity index (χ1) is 15.7. The van der Waals surface area contributed by atoms with E-state index in [4.69, 9.17) is 11.8 Å². The van der Waals surface area contributed by atoms with E-state index in [2.05, 4.69) is 115 Å². The van der Waals surface area contributed by atoms with Crippen molar-refractivity contribution in [3.05, 3.63) is 103 Å². The maximum atomic E-state index is 6.60. The molecule has 2 heterocycles. The smallest absolute Gasteiger partial charge is 0.0496 e. The molecule has 0 bridgehead atoms. The van der Waals surface area contributed by atoms with Gasteiger partial charge in [-0.3, -0.25) is 0 Å². The second-order valence-corrected chi connectivity index (χ2v) is 13.0. The van der Waals surface area contributed by atoms with Crippen LogP contribution in [-0.4, -0.2) is 4.57 Å². The lowest BCUT2D eigenvalue weighted by Gasteiger charge is -2.20. The summed E-state index contributed by atoms with van der Waals surface area (Å²) in [6, 6.07) is 35.5. The van der Waals surface area contributed by atoms with Gasteiger partial charge in [0.05, 0.1) is 0 Å². The van der Waals surface area contributed by atoms with Crippen molar-refractivity contribution in [1.29, 1.82) is 0 Å². The van der Waals surface area contributed by atoms with Crippen molar-refractivity contribution in [1.82, 2.24) is 4.57 Å². The minimum atomic E-state index is -2.09. The summed E-state index contributed by atoms with van der Waals surface area (Å²) in [4.78, 5) is 0. The Labute approximate surface area is 191 Å². The first-order valence-electron chi connectivity index (χ1n) is 10.9. The van der Waals surface area contributed by atoms with E-state index in [0.29, 0.717) is 0 Å². The maximum absolute atomic E-state index is 6.60. The summed E-state index contributed by atoms with van der Waals surface area (Å²) in [7, 11) is 2.18. The van der Waals surface area contributed by atoms with E-state index in [1.807, 2.05) is 0 Å². The van der Waals surface area contributed by atoms with Gasteiger partial charge in [0.15, 0.2) is 0 Å². The molecule has 1 aliphatic rings. The van der Waals surface area contributed by atoms with Crippen molar-refractivity contribution in [2.75, 3.05) is 0 Å². The van der Waals surface area contributed by atoms with Crippen LogP contribution in [0.25, 0.3) is 43.7 Å². The molecule has 1 atom stereocenters. The van der Waals surface area contributed by atoms with Gasteiger partial charge in [-0.15, -0.1) is 0 Å². The molecule has 1 aromatic heterocycles. The molecule has 0 N–H and O–H groups in total. The third kappa shape index (κ3) is 2.26. The number of benzene rings is 5. The molecule has 0 saturated carbocycles. The number of hydrogen-bond donors (Lipinski definition) is 0. The molecule has 1 aliphatic heterocycles. The predicted octanol–water partition coefficient (Wildman–Crippen LogP) is 6.22. The molecule has 0 radical (unpaired) electrons. The average molecular weight is 446 g/mol. The van der Waals surface area contributed by atoms with Crippen LogP contribution in [0.2, 0.25) is 0 Å². The van der Waals surface area contributed by atoms with Crippen LogP contribution in [0, 0.1) is 0 Å². The Hall–Kier alpha value is -3.19. The number of aryl methyl sites for hydroxylation is 1. The van der Waals surface area contributed by atoms with E-state index >= 15 is 0 Å². The van der Waals surface area contributed by atoms with Crippen molar-refractivity contribution in [3.63, 3.8) is 0 Å². The summed E-state index contributed by atoms with van der Waals surface area (Å²) in [5.74, 6) is 0. The van der Waals surface area contributed by atoms with Crippen molar-refractivity contribution in [2.45, 2.75) is 0 Å². The van der Waals surface area contributed by atoms with Crippen LogP contribution in [0.4, 0.5) is 0 Å². The molecule has 1 unspecified atom stereocenters. The van der Waals surface area contributed by atoms with E-state index in [9.17, 15) is 0 Å². The molecule has 0 saturated heterocycles. The van der Waals surface area contributed by atoms with Crippen molar-refractivity contribution >= 4 is 66.3 Å². The van der Waals surface area contributed by atoms with Crippen LogP contribution in [-0.2, 0) is 18.9 Å². The molecule has 3 heteroatoms. The maximum Gasteiger partial charge on any atom is 0.0496 e. The van der Waals surface area contributed by atoms with E-state index in [-0.39, 0.29) is 0 Å². The van der Waals surface area contributed by atoms with Gasteiger partial charge >= 0.3 is 0 Å². The molecule has 0 aliphatic carbocycles. The molecule has 0 fully saturated rings. The third-order valence-electron chi connectivity index (χ3n) is 6.98. The topological polar surface area (TPSA) is 4.93 Å². The second kappa shape index (κ2) is 6.42. The Bertz CT molecular complexity index is 1760. The molecule has 1 nitrogen and oxygen atoms in total. The van der Waals surface area contributed by atoms with Gasteiger partial charge in [-0.2, -0.15) is 0 Å². The van der Waals surface area contributed by atoms with E-state index < -0.39 is 6.04 Å². The Morgan fingerprint density at radius 1 is 0.594 bits per heavy atom. The minimum absolute atomic E-state index is 1.26. The third-order valence-corrected chi connectivity index (χ3v) is 11.9. The monoisotopic (exact) mass is 445 g/mol. The summed E-state index contributed by atoms with van der Waals surface area (Å²) < 4.78 is 2.34. The number of aromatic nitrogens is 1. The van der Waals surface area contributed by atoms with Crippen LogP contribution >= 0.6 is 6.04 Å². The highest BCUT2D eigenvalue weighted by atomic mass is 32.4. The predicted molar refractivity (Wildman–Crippen MR) is 143 cm³/mol. The molecule has 6 aromatic rings. The Kier molecular flexibility index (Phi) is 3.69. The average Bonchev–Trinajstić information content (AvgIpc) is 3.26. The molecule has 7 rings (SSSR count). The van der Waals surface area contributed by atoms with Gasteiger partial charge in [0.1, 0.15) is 0 Å². The summed E-state index contributed by atoms with van der Waals surface area (Å²) in [5, 5.41) is 9.08. The molecule has 0 amide bonds. The molecule has 152 valence electrons. The fourth-order valence-electron chi connectivity index (χ4n) is 5.42. The van der Waals surface area contributed by atoms with Gasteiger partial charge in [-0.05, 0) is 51.5 Å². The number of nitrogens with zero attached hydrogens (tertiary/aromatic N) is 1. The summed E-state index contributed by atoms with van der Waals surface area (Å²) in [5.41, 5.74) is 5.13. The summed E-state index contributed by atoms with van der Waals surface area (Å²) in [6.45, 7) is 0. The first-order valence-corrected chi connectivity index (χ1v) is 13.7. The Balaban J connectivity index is 1.64. The number of rotatable bonds is 1. The molecule has 0 spiro atoms. The lowest BCUT2D eigenvalue weighted by molar-refractivity contribution is 1.02. The highest BCUT2D eigenvalue weighted by Crippen LogP contribution is 2.53. The van der Waals surface area contributed by atoms with Crippen molar-refractivity contribution < 1.29 is 0 Å². The highest BCUT2D eigenvalue weighted by Gasteiger charge is 2.36. The molecule has 32 heavy (non-hydrogen) atoms. The fourth-order valence-corrected chi connectivity index (χ4v) is 9.78. The fraction of sp³-hybridized carbons (Fsp3) is 0.0345. The van der Waals surface area contributed by atoms with E-state index in [0.717, 1.165) is 0 Å². The lowest BCUT2D eigenvalue weighted by atomic mass is 10.0. The largest absolute Gasteiger partial charge is 0.344 e. The summed E-state index contributed by atoms with van der Waals surface area (Å²) in [6.07, 6.45) is 0. The standard InChI is InChI=1S/C29H20NPS/c1-30-26-16-20-10-6-5-9-19(20)15-23(26)24-17-25-22-13-7-8-14-28(22)31(32,29(25)18-27(24)30)21-11-3-2-4-12-21/h2-18H,1H3. The van der Waals surface area contributed by atoms with E-state index in [1.165, 1.54) is 59.6 Å². The zero-order valence-corrected chi connectivity index (χ0v) is 19.3. The zero-order valence-electron chi connectivity index (χ0n) is 17.6. The summed E-state index contributed by atoms with van der Waals surface area (Å²) >= 11 is 6.60. The van der Waals surface area contributed by atoms with Gasteiger partial charge in [0.25, 0.3) is 0 Å². The molecular weight excluding hydrogens is 425 g/mol. The highest BCUT2D eigenvalue weighted by molar-refractivity contribution is 8.26. The molecular formula is C29H20NPS. The minimum Gasteiger partial charge on any atom is -0.344 e. The Morgan fingerprint density at radius 2 is 1.22 bits per heavy atom. The van der Waals surface area contributed by atoms with Crippen LogP contribution in [0.5, 0.6) is 0 Å². The van der Waals surface area contributed by atoms with E-state index in [1.54, 1.807) is 0 Å². The van der Waals surface area contributed by atoms with Gasteiger partial charge in [-0.25, -0.2) is 0 Å². The van der Waals surface area contributed by atoms with Crippen molar-refractivity contribution in [3.8, 4) is 11.1 Å². The zero-order chi connectivity index (χ0) is 21.4.